The second-order valence-corrected chi connectivity index (χ2v) is 4.84. The van der Waals surface area contributed by atoms with Crippen LogP contribution in [0.4, 0.5) is 13.2 Å². The Labute approximate surface area is 121 Å². The summed E-state index contributed by atoms with van der Waals surface area (Å²) in [6, 6.07) is 14.3. The monoisotopic (exact) mass is 292 g/mol. The van der Waals surface area contributed by atoms with Gasteiger partial charge < -0.3 is 0 Å². The van der Waals surface area contributed by atoms with Gasteiger partial charge in [0.15, 0.2) is 5.78 Å². The van der Waals surface area contributed by atoms with Crippen molar-refractivity contribution in [2.75, 3.05) is 0 Å². The second kappa shape index (κ2) is 6.57. The van der Waals surface area contributed by atoms with Crippen LogP contribution in [-0.4, -0.2) is 5.78 Å². The molecule has 0 saturated carbocycles. The van der Waals surface area contributed by atoms with Crippen molar-refractivity contribution in [2.45, 2.75) is 25.4 Å². The molecular formula is C17H15F3O. The molecule has 0 atom stereocenters. The van der Waals surface area contributed by atoms with Crippen molar-refractivity contribution in [2.24, 2.45) is 0 Å². The van der Waals surface area contributed by atoms with Crippen LogP contribution in [0.2, 0.25) is 0 Å². The van der Waals surface area contributed by atoms with E-state index >= 15 is 0 Å². The SMILES string of the molecule is O=C(CCCc1ccccc1)c1cccc(C(F)(F)F)c1. The summed E-state index contributed by atoms with van der Waals surface area (Å²) < 4.78 is 37.8. The van der Waals surface area contributed by atoms with Gasteiger partial charge in [0, 0.05) is 12.0 Å². The molecule has 4 heteroatoms. The van der Waals surface area contributed by atoms with Crippen LogP contribution in [0.5, 0.6) is 0 Å². The normalized spacial score (nSPS) is 11.4. The van der Waals surface area contributed by atoms with Crippen molar-refractivity contribution < 1.29 is 18.0 Å². The van der Waals surface area contributed by atoms with Gasteiger partial charge in [-0.25, -0.2) is 0 Å². The molecule has 2 aromatic carbocycles. The molecule has 0 unspecified atom stereocenters. The fourth-order valence-corrected chi connectivity index (χ4v) is 2.11. The lowest BCUT2D eigenvalue weighted by Gasteiger charge is -2.08. The molecule has 0 aromatic heterocycles. The fourth-order valence-electron chi connectivity index (χ4n) is 2.11. The average molecular weight is 292 g/mol. The van der Waals surface area contributed by atoms with Gasteiger partial charge in [-0.3, -0.25) is 4.79 Å². The summed E-state index contributed by atoms with van der Waals surface area (Å²) >= 11 is 0. The molecule has 2 aromatic rings. The molecule has 2 rings (SSSR count). The molecule has 110 valence electrons. The van der Waals surface area contributed by atoms with E-state index < -0.39 is 11.7 Å². The van der Waals surface area contributed by atoms with Crippen LogP contribution in [0.25, 0.3) is 0 Å². The number of ketones is 1. The van der Waals surface area contributed by atoms with E-state index in [4.69, 9.17) is 0 Å². The minimum Gasteiger partial charge on any atom is -0.294 e. The molecule has 0 bridgehead atoms. The maximum absolute atomic E-state index is 12.6. The Kier molecular flexibility index (Phi) is 4.78. The summed E-state index contributed by atoms with van der Waals surface area (Å²) in [5.74, 6) is -0.253. The van der Waals surface area contributed by atoms with Crippen LogP contribution in [0.1, 0.15) is 34.3 Å². The topological polar surface area (TPSA) is 17.1 Å². The number of benzene rings is 2. The van der Waals surface area contributed by atoms with Gasteiger partial charge >= 0.3 is 6.18 Å². The first kappa shape index (κ1) is 15.3. The quantitative estimate of drug-likeness (QED) is 0.715. The maximum atomic E-state index is 12.6. The van der Waals surface area contributed by atoms with E-state index in [0.717, 1.165) is 24.1 Å². The highest BCUT2D eigenvalue weighted by molar-refractivity contribution is 5.96. The third kappa shape index (κ3) is 4.45. The van der Waals surface area contributed by atoms with Crippen LogP contribution in [0, 0.1) is 0 Å². The molecule has 0 aliphatic heterocycles. The molecule has 21 heavy (non-hydrogen) atoms. The molecule has 0 spiro atoms. The van der Waals surface area contributed by atoms with E-state index in [2.05, 4.69) is 0 Å². The summed E-state index contributed by atoms with van der Waals surface area (Å²) in [7, 11) is 0. The zero-order valence-corrected chi connectivity index (χ0v) is 11.4. The number of Topliss-reactive ketones (excluding diaryl/α,β-unsaturated/α-hetero) is 1. The highest BCUT2D eigenvalue weighted by Crippen LogP contribution is 2.29. The van der Waals surface area contributed by atoms with E-state index in [1.807, 2.05) is 30.3 Å². The van der Waals surface area contributed by atoms with E-state index in [0.29, 0.717) is 6.42 Å². The lowest BCUT2D eigenvalue weighted by molar-refractivity contribution is -0.137. The Morgan fingerprint density at radius 3 is 2.33 bits per heavy atom. The largest absolute Gasteiger partial charge is 0.416 e. The molecule has 0 aliphatic rings. The molecule has 1 nitrogen and oxygen atoms in total. The number of carbonyl (C=O) groups excluding carboxylic acids is 1. The molecular weight excluding hydrogens is 277 g/mol. The molecule has 0 aliphatic carbocycles. The molecule has 0 N–H and O–H groups in total. The highest BCUT2D eigenvalue weighted by atomic mass is 19.4. The molecule has 0 saturated heterocycles. The van der Waals surface area contributed by atoms with Crippen LogP contribution >= 0.6 is 0 Å². The number of alkyl halides is 3. The third-order valence-electron chi connectivity index (χ3n) is 3.22. The van der Waals surface area contributed by atoms with Crippen LogP contribution in [0.3, 0.4) is 0 Å². The van der Waals surface area contributed by atoms with Crippen LogP contribution in [0.15, 0.2) is 54.6 Å². The molecule has 0 heterocycles. The minimum atomic E-state index is -4.42. The van der Waals surface area contributed by atoms with Crippen molar-refractivity contribution in [3.8, 4) is 0 Å². The predicted octanol–water partition coefficient (Wildman–Crippen LogP) is 4.91. The number of halogens is 3. The minimum absolute atomic E-state index is 0.123. The standard InChI is InChI=1S/C17H15F3O/c18-17(19,20)15-10-5-9-14(12-15)16(21)11-4-8-13-6-2-1-3-7-13/h1-3,5-7,9-10,12H,4,8,11H2. The van der Waals surface area contributed by atoms with Crippen molar-refractivity contribution in [3.63, 3.8) is 0 Å². The molecule has 0 fully saturated rings. The Hall–Kier alpha value is -2.10. The Bertz CT molecular complexity index is 603. The van der Waals surface area contributed by atoms with Crippen molar-refractivity contribution >= 4 is 5.78 Å². The Morgan fingerprint density at radius 1 is 0.952 bits per heavy atom. The summed E-state index contributed by atoms with van der Waals surface area (Å²) in [5, 5.41) is 0. The predicted molar refractivity (Wildman–Crippen MR) is 75.2 cm³/mol. The fraction of sp³-hybridized carbons (Fsp3) is 0.235. The van der Waals surface area contributed by atoms with Gasteiger partial charge in [0.2, 0.25) is 0 Å². The van der Waals surface area contributed by atoms with E-state index in [1.54, 1.807) is 0 Å². The Morgan fingerprint density at radius 2 is 1.67 bits per heavy atom. The van der Waals surface area contributed by atoms with Crippen molar-refractivity contribution in [1.82, 2.24) is 0 Å². The first-order valence-corrected chi connectivity index (χ1v) is 6.71. The summed E-state index contributed by atoms with van der Waals surface area (Å²) in [6.45, 7) is 0. The average Bonchev–Trinajstić information content (AvgIpc) is 2.47. The zero-order chi connectivity index (χ0) is 15.3. The highest BCUT2D eigenvalue weighted by Gasteiger charge is 2.30. The van der Waals surface area contributed by atoms with E-state index in [-0.39, 0.29) is 17.8 Å². The summed E-state index contributed by atoms with van der Waals surface area (Å²) in [6.07, 6.45) is -2.80. The summed E-state index contributed by atoms with van der Waals surface area (Å²) in [5.41, 5.74) is 0.462. The Balaban J connectivity index is 1.95. The first-order valence-electron chi connectivity index (χ1n) is 6.71. The second-order valence-electron chi connectivity index (χ2n) is 4.84. The number of carbonyl (C=O) groups is 1. The van der Waals surface area contributed by atoms with Crippen molar-refractivity contribution in [1.29, 1.82) is 0 Å². The van der Waals surface area contributed by atoms with E-state index in [1.165, 1.54) is 12.1 Å². The van der Waals surface area contributed by atoms with Gasteiger partial charge in [0.05, 0.1) is 5.56 Å². The van der Waals surface area contributed by atoms with Gasteiger partial charge in [0.25, 0.3) is 0 Å². The smallest absolute Gasteiger partial charge is 0.294 e. The van der Waals surface area contributed by atoms with Gasteiger partial charge in [-0.15, -0.1) is 0 Å². The lowest BCUT2D eigenvalue weighted by Crippen LogP contribution is -2.07. The van der Waals surface area contributed by atoms with Crippen LogP contribution < -0.4 is 0 Å². The van der Waals surface area contributed by atoms with Gasteiger partial charge in [-0.1, -0.05) is 42.5 Å². The van der Waals surface area contributed by atoms with Gasteiger partial charge in [0.1, 0.15) is 0 Å². The first-order chi connectivity index (χ1) is 9.97. The maximum Gasteiger partial charge on any atom is 0.416 e. The number of aryl methyl sites for hydroxylation is 1. The lowest BCUT2D eigenvalue weighted by atomic mass is 10.0. The molecule has 0 amide bonds. The van der Waals surface area contributed by atoms with Crippen LogP contribution in [-0.2, 0) is 12.6 Å². The van der Waals surface area contributed by atoms with Crippen molar-refractivity contribution in [3.05, 3.63) is 71.3 Å². The number of hydrogen-bond acceptors (Lipinski definition) is 1. The molecule has 0 radical (unpaired) electrons. The van der Waals surface area contributed by atoms with Gasteiger partial charge in [-0.05, 0) is 30.5 Å². The number of hydrogen-bond donors (Lipinski definition) is 0. The van der Waals surface area contributed by atoms with Gasteiger partial charge in [-0.2, -0.15) is 13.2 Å². The number of rotatable bonds is 5. The third-order valence-corrected chi connectivity index (χ3v) is 3.22. The zero-order valence-electron chi connectivity index (χ0n) is 11.4. The summed E-state index contributed by atoms with van der Waals surface area (Å²) in [4.78, 5) is 11.9. The van der Waals surface area contributed by atoms with E-state index in [9.17, 15) is 18.0 Å².